The predicted molar refractivity (Wildman–Crippen MR) is 118 cm³/mol. The highest BCUT2D eigenvalue weighted by Crippen LogP contribution is 2.30. The van der Waals surface area contributed by atoms with Crippen molar-refractivity contribution >= 4 is 17.8 Å². The van der Waals surface area contributed by atoms with Crippen molar-refractivity contribution in [2.45, 2.75) is 38.8 Å². The van der Waals surface area contributed by atoms with Crippen molar-refractivity contribution in [3.63, 3.8) is 0 Å². The lowest BCUT2D eigenvalue weighted by Crippen LogP contribution is -2.45. The third-order valence-corrected chi connectivity index (χ3v) is 5.69. The summed E-state index contributed by atoms with van der Waals surface area (Å²) in [4.78, 5) is 37.2. The predicted octanol–water partition coefficient (Wildman–Crippen LogP) is 2.78. The smallest absolute Gasteiger partial charge is 0.303 e. The molecule has 164 valence electrons. The van der Waals surface area contributed by atoms with Gasteiger partial charge < -0.3 is 15.7 Å². The summed E-state index contributed by atoms with van der Waals surface area (Å²) in [6.07, 6.45) is 0.523. The summed E-state index contributed by atoms with van der Waals surface area (Å²) in [5, 5.41) is 13.7. The third kappa shape index (κ3) is 3.99. The van der Waals surface area contributed by atoms with Gasteiger partial charge in [-0.3, -0.25) is 14.4 Å². The molecule has 8 heteroatoms. The number of rotatable bonds is 8. The molecule has 0 bridgehead atoms. The molecule has 1 aliphatic heterocycles. The zero-order valence-electron chi connectivity index (χ0n) is 17.7. The molecular formula is C24H24N4O4. The van der Waals surface area contributed by atoms with Gasteiger partial charge >= 0.3 is 5.97 Å². The van der Waals surface area contributed by atoms with Gasteiger partial charge in [0.1, 0.15) is 6.04 Å². The van der Waals surface area contributed by atoms with Crippen molar-refractivity contribution in [1.29, 1.82) is 0 Å². The number of nitrogens with two attached hydrogens (primary N) is 1. The van der Waals surface area contributed by atoms with Crippen LogP contribution in [-0.4, -0.2) is 43.6 Å². The third-order valence-electron chi connectivity index (χ3n) is 5.69. The highest BCUT2D eigenvalue weighted by Gasteiger charge is 2.35. The molecule has 3 N–H and O–H groups in total. The minimum absolute atomic E-state index is 0.0194. The van der Waals surface area contributed by atoms with Gasteiger partial charge in [0, 0.05) is 24.1 Å². The number of hydrogen-bond acceptors (Lipinski definition) is 4. The molecule has 0 spiro atoms. The summed E-state index contributed by atoms with van der Waals surface area (Å²) in [6, 6.07) is 16.5. The van der Waals surface area contributed by atoms with Gasteiger partial charge in [-0.2, -0.15) is 5.10 Å². The Balaban J connectivity index is 1.69. The molecule has 3 aromatic rings. The van der Waals surface area contributed by atoms with E-state index in [0.29, 0.717) is 5.56 Å². The van der Waals surface area contributed by atoms with Gasteiger partial charge in [-0.1, -0.05) is 37.3 Å². The molecule has 0 saturated heterocycles. The number of fused-ring (bicyclic) bond motifs is 1. The Morgan fingerprint density at radius 1 is 1.16 bits per heavy atom. The second-order valence-electron chi connectivity index (χ2n) is 7.78. The molecule has 2 amide bonds. The number of amides is 2. The number of carbonyl (C=O) groups excluding carboxylic acids is 2. The van der Waals surface area contributed by atoms with Crippen molar-refractivity contribution in [3.8, 4) is 16.9 Å². The SMILES string of the molecule is CCc1cc(-c2ccccc2)n(-c2ccc3c(c2)CN(C(CCC(=O)O)C(N)=O)C3=O)n1. The van der Waals surface area contributed by atoms with Crippen LogP contribution in [0.1, 0.15) is 41.4 Å². The molecule has 0 fully saturated rings. The molecule has 0 aliphatic carbocycles. The number of aliphatic carboxylic acids is 1. The fraction of sp³-hybridized carbons (Fsp3) is 0.250. The van der Waals surface area contributed by atoms with Gasteiger partial charge in [0.05, 0.1) is 17.1 Å². The fourth-order valence-corrected chi connectivity index (χ4v) is 4.04. The summed E-state index contributed by atoms with van der Waals surface area (Å²) >= 11 is 0. The molecule has 2 heterocycles. The first-order valence-corrected chi connectivity index (χ1v) is 10.5. The second-order valence-corrected chi connectivity index (χ2v) is 7.78. The maximum atomic E-state index is 12.9. The zero-order chi connectivity index (χ0) is 22.8. The Bertz CT molecular complexity index is 1190. The Labute approximate surface area is 185 Å². The number of carboxylic acids is 1. The second kappa shape index (κ2) is 8.66. The molecule has 0 radical (unpaired) electrons. The average Bonchev–Trinajstić information content (AvgIpc) is 3.35. The van der Waals surface area contributed by atoms with Gasteiger partial charge in [-0.15, -0.1) is 0 Å². The quantitative estimate of drug-likeness (QED) is 0.567. The minimum Gasteiger partial charge on any atom is -0.481 e. The van der Waals surface area contributed by atoms with Crippen LogP contribution in [0.5, 0.6) is 0 Å². The number of aromatic nitrogens is 2. The van der Waals surface area contributed by atoms with Crippen molar-refractivity contribution in [1.82, 2.24) is 14.7 Å². The van der Waals surface area contributed by atoms with Crippen LogP contribution in [0.3, 0.4) is 0 Å². The number of carboxylic acid groups (broad SMARTS) is 1. The molecule has 8 nitrogen and oxygen atoms in total. The van der Waals surface area contributed by atoms with Crippen molar-refractivity contribution in [2.24, 2.45) is 5.73 Å². The summed E-state index contributed by atoms with van der Waals surface area (Å²) in [5.74, 6) is -2.07. The fourth-order valence-electron chi connectivity index (χ4n) is 4.04. The lowest BCUT2D eigenvalue weighted by Gasteiger charge is -2.24. The number of benzene rings is 2. The van der Waals surface area contributed by atoms with E-state index in [1.165, 1.54) is 4.90 Å². The van der Waals surface area contributed by atoms with Crippen LogP contribution in [-0.2, 0) is 22.6 Å². The number of aryl methyl sites for hydroxylation is 1. The highest BCUT2D eigenvalue weighted by molar-refractivity contribution is 6.01. The molecule has 2 aromatic carbocycles. The van der Waals surface area contributed by atoms with Gasteiger partial charge in [0.15, 0.2) is 0 Å². The van der Waals surface area contributed by atoms with E-state index in [0.717, 1.165) is 34.6 Å². The number of hydrogen-bond donors (Lipinski definition) is 2. The first kappa shape index (κ1) is 21.3. The minimum atomic E-state index is -1.04. The Hall–Kier alpha value is -3.94. The molecule has 1 aromatic heterocycles. The Kier molecular flexibility index (Phi) is 5.77. The molecule has 0 saturated carbocycles. The van der Waals surface area contributed by atoms with E-state index in [4.69, 9.17) is 15.9 Å². The van der Waals surface area contributed by atoms with E-state index in [1.807, 2.05) is 54.1 Å². The largest absolute Gasteiger partial charge is 0.481 e. The normalized spacial score (nSPS) is 13.8. The molecule has 4 rings (SSSR count). The van der Waals surface area contributed by atoms with Gasteiger partial charge in [0.2, 0.25) is 5.91 Å². The molecule has 1 atom stereocenters. The lowest BCUT2D eigenvalue weighted by atomic mass is 10.1. The molecular weight excluding hydrogens is 408 g/mol. The maximum Gasteiger partial charge on any atom is 0.303 e. The number of primary amides is 1. The van der Waals surface area contributed by atoms with Gasteiger partial charge in [-0.25, -0.2) is 4.68 Å². The van der Waals surface area contributed by atoms with Crippen molar-refractivity contribution in [2.75, 3.05) is 0 Å². The summed E-state index contributed by atoms with van der Waals surface area (Å²) in [5.41, 5.74) is 10.4. The van der Waals surface area contributed by atoms with Crippen molar-refractivity contribution in [3.05, 3.63) is 71.4 Å². The zero-order valence-corrected chi connectivity index (χ0v) is 17.7. The van der Waals surface area contributed by atoms with E-state index in [1.54, 1.807) is 6.07 Å². The van der Waals surface area contributed by atoms with E-state index in [9.17, 15) is 14.4 Å². The van der Waals surface area contributed by atoms with E-state index in [2.05, 4.69) is 6.07 Å². The molecule has 1 aliphatic rings. The Morgan fingerprint density at radius 3 is 2.56 bits per heavy atom. The van der Waals surface area contributed by atoms with Crippen LogP contribution in [0.4, 0.5) is 0 Å². The first-order valence-electron chi connectivity index (χ1n) is 10.5. The van der Waals surface area contributed by atoms with Gasteiger partial charge in [-0.05, 0) is 42.7 Å². The molecule has 32 heavy (non-hydrogen) atoms. The monoisotopic (exact) mass is 432 g/mol. The first-order chi connectivity index (χ1) is 15.4. The number of nitrogens with zero attached hydrogens (tertiary/aromatic N) is 3. The van der Waals surface area contributed by atoms with E-state index < -0.39 is 17.9 Å². The maximum absolute atomic E-state index is 12.9. The number of carbonyl (C=O) groups is 3. The highest BCUT2D eigenvalue weighted by atomic mass is 16.4. The standard InChI is InChI=1S/C24H24N4O4/c1-2-17-13-21(15-6-4-3-5-7-15)28(26-17)18-8-9-19-16(12-18)14-27(24(19)32)20(23(25)31)10-11-22(29)30/h3-9,12-13,20H,2,10-11,14H2,1H3,(H2,25,31)(H,29,30). The van der Waals surface area contributed by atoms with E-state index in [-0.39, 0.29) is 25.3 Å². The summed E-state index contributed by atoms with van der Waals surface area (Å²) in [6.45, 7) is 2.24. The summed E-state index contributed by atoms with van der Waals surface area (Å²) < 4.78 is 1.86. The van der Waals surface area contributed by atoms with Crippen LogP contribution in [0.15, 0.2) is 54.6 Å². The van der Waals surface area contributed by atoms with Crippen molar-refractivity contribution < 1.29 is 19.5 Å². The van der Waals surface area contributed by atoms with Crippen LogP contribution in [0.2, 0.25) is 0 Å². The van der Waals surface area contributed by atoms with Gasteiger partial charge in [0.25, 0.3) is 5.91 Å². The van der Waals surface area contributed by atoms with Crippen LogP contribution >= 0.6 is 0 Å². The Morgan fingerprint density at radius 2 is 1.91 bits per heavy atom. The molecule has 1 unspecified atom stereocenters. The lowest BCUT2D eigenvalue weighted by molar-refractivity contribution is -0.137. The topological polar surface area (TPSA) is 119 Å². The van der Waals surface area contributed by atoms with Crippen LogP contribution < -0.4 is 5.73 Å². The van der Waals surface area contributed by atoms with Crippen LogP contribution in [0.25, 0.3) is 16.9 Å². The summed E-state index contributed by atoms with van der Waals surface area (Å²) in [7, 11) is 0. The van der Waals surface area contributed by atoms with Crippen LogP contribution in [0, 0.1) is 0 Å². The average molecular weight is 432 g/mol. The van der Waals surface area contributed by atoms with E-state index >= 15 is 0 Å².